The number of hydrogen-bond donors (Lipinski definition) is 2. The first-order valence-corrected chi connectivity index (χ1v) is 10.2. The Kier molecular flexibility index (Phi) is 5.03. The molecule has 8 heteroatoms. The van der Waals surface area contributed by atoms with Crippen LogP contribution in [-0.4, -0.2) is 26.6 Å². The van der Waals surface area contributed by atoms with Crippen molar-refractivity contribution in [2.45, 2.75) is 11.4 Å². The van der Waals surface area contributed by atoms with E-state index in [0.717, 1.165) is 11.3 Å². The van der Waals surface area contributed by atoms with E-state index in [1.807, 2.05) is 24.3 Å². The molecule has 2 N–H and O–H groups in total. The van der Waals surface area contributed by atoms with Crippen LogP contribution in [0.15, 0.2) is 71.9 Å². The zero-order chi connectivity index (χ0) is 19.4. The van der Waals surface area contributed by atoms with Crippen LogP contribution in [0.3, 0.4) is 0 Å². The van der Waals surface area contributed by atoms with Gasteiger partial charge in [-0.3, -0.25) is 9.71 Å². The third kappa shape index (κ3) is 4.17. The highest BCUT2D eigenvalue weighted by Crippen LogP contribution is 2.32. The number of benzene rings is 2. The standard InChI is InChI=1S/C20H19N3O4S/c24-28(25,18-7-8-19-20(12-18)27-11-10-26-19)23-17-5-3-16(4-6-17)22-14-15-2-1-9-21-13-15/h1-9,12-13,22-23H,10-11,14H2. The van der Waals surface area contributed by atoms with E-state index in [2.05, 4.69) is 15.0 Å². The molecule has 2 aromatic carbocycles. The molecule has 1 aliphatic rings. The molecule has 0 saturated heterocycles. The zero-order valence-corrected chi connectivity index (χ0v) is 15.8. The molecule has 4 rings (SSSR count). The quantitative estimate of drug-likeness (QED) is 0.664. The van der Waals surface area contributed by atoms with E-state index in [0.29, 0.717) is 36.9 Å². The summed E-state index contributed by atoms with van der Waals surface area (Å²) in [5.41, 5.74) is 2.42. The van der Waals surface area contributed by atoms with E-state index in [1.54, 1.807) is 30.6 Å². The fourth-order valence-electron chi connectivity index (χ4n) is 2.77. The number of pyridine rings is 1. The average molecular weight is 397 g/mol. The third-order valence-electron chi connectivity index (χ3n) is 4.18. The molecule has 0 bridgehead atoms. The molecular weight excluding hydrogens is 378 g/mol. The smallest absolute Gasteiger partial charge is 0.262 e. The lowest BCUT2D eigenvalue weighted by atomic mass is 10.2. The van der Waals surface area contributed by atoms with E-state index >= 15 is 0 Å². The normalized spacial score (nSPS) is 13.0. The van der Waals surface area contributed by atoms with E-state index in [9.17, 15) is 8.42 Å². The van der Waals surface area contributed by atoms with Gasteiger partial charge in [-0.15, -0.1) is 0 Å². The van der Waals surface area contributed by atoms with Gasteiger partial charge in [0.05, 0.1) is 4.90 Å². The lowest BCUT2D eigenvalue weighted by Gasteiger charge is -2.19. The Labute approximate surface area is 163 Å². The molecule has 0 aliphatic carbocycles. The predicted octanol–water partition coefficient (Wildman–Crippen LogP) is 3.27. The Morgan fingerprint density at radius 3 is 2.43 bits per heavy atom. The number of fused-ring (bicyclic) bond motifs is 1. The van der Waals surface area contributed by atoms with Crippen LogP contribution in [0.25, 0.3) is 0 Å². The third-order valence-corrected chi connectivity index (χ3v) is 5.56. The van der Waals surface area contributed by atoms with Gasteiger partial charge in [-0.2, -0.15) is 0 Å². The molecular formula is C20H19N3O4S. The largest absolute Gasteiger partial charge is 0.486 e. The van der Waals surface area contributed by atoms with Crippen molar-refractivity contribution in [1.82, 2.24) is 4.98 Å². The molecule has 0 radical (unpaired) electrons. The van der Waals surface area contributed by atoms with E-state index in [4.69, 9.17) is 9.47 Å². The first-order chi connectivity index (χ1) is 13.6. The van der Waals surface area contributed by atoms with Gasteiger partial charge >= 0.3 is 0 Å². The van der Waals surface area contributed by atoms with E-state index < -0.39 is 10.0 Å². The molecule has 1 aromatic heterocycles. The molecule has 0 atom stereocenters. The van der Waals surface area contributed by atoms with Gasteiger partial charge < -0.3 is 14.8 Å². The number of nitrogens with one attached hydrogen (secondary N) is 2. The van der Waals surface area contributed by atoms with Crippen LogP contribution in [0.4, 0.5) is 11.4 Å². The van der Waals surface area contributed by atoms with Crippen LogP contribution >= 0.6 is 0 Å². The molecule has 144 valence electrons. The summed E-state index contributed by atoms with van der Waals surface area (Å²) in [6, 6.07) is 15.5. The van der Waals surface area contributed by atoms with Gasteiger partial charge in [-0.05, 0) is 48.0 Å². The molecule has 1 aliphatic heterocycles. The number of sulfonamides is 1. The highest BCUT2D eigenvalue weighted by Gasteiger charge is 2.19. The van der Waals surface area contributed by atoms with Crippen molar-refractivity contribution in [2.75, 3.05) is 23.3 Å². The van der Waals surface area contributed by atoms with Crippen LogP contribution < -0.4 is 19.5 Å². The van der Waals surface area contributed by atoms with Gasteiger partial charge in [0, 0.05) is 36.4 Å². The Bertz CT molecular complexity index is 1050. The lowest BCUT2D eigenvalue weighted by Crippen LogP contribution is -2.17. The molecule has 3 aromatic rings. The minimum Gasteiger partial charge on any atom is -0.486 e. The Morgan fingerprint density at radius 1 is 0.929 bits per heavy atom. The summed E-state index contributed by atoms with van der Waals surface area (Å²) in [6.45, 7) is 1.49. The number of rotatable bonds is 6. The van der Waals surface area contributed by atoms with Crippen LogP contribution in [0.1, 0.15) is 5.56 Å². The van der Waals surface area contributed by atoms with Crippen LogP contribution in [0.5, 0.6) is 11.5 Å². The number of aromatic nitrogens is 1. The molecule has 0 unspecified atom stereocenters. The minimum atomic E-state index is -3.73. The van der Waals surface area contributed by atoms with Crippen LogP contribution in [0, 0.1) is 0 Å². The highest BCUT2D eigenvalue weighted by molar-refractivity contribution is 7.92. The van der Waals surface area contributed by atoms with Gasteiger partial charge in [0.1, 0.15) is 13.2 Å². The molecule has 2 heterocycles. The van der Waals surface area contributed by atoms with E-state index in [1.165, 1.54) is 12.1 Å². The van der Waals surface area contributed by atoms with Crippen molar-refractivity contribution >= 4 is 21.4 Å². The highest BCUT2D eigenvalue weighted by atomic mass is 32.2. The summed E-state index contributed by atoms with van der Waals surface area (Å²) in [5, 5.41) is 3.27. The summed E-state index contributed by atoms with van der Waals surface area (Å²) in [6.07, 6.45) is 3.52. The number of nitrogens with zero attached hydrogens (tertiary/aromatic N) is 1. The summed E-state index contributed by atoms with van der Waals surface area (Å²) in [7, 11) is -3.73. The van der Waals surface area contributed by atoms with Crippen LogP contribution in [-0.2, 0) is 16.6 Å². The SMILES string of the molecule is O=S(=O)(Nc1ccc(NCc2cccnc2)cc1)c1ccc2c(c1)OCCO2. The molecule has 0 fully saturated rings. The Balaban J connectivity index is 1.43. The van der Waals surface area contributed by atoms with Crippen molar-refractivity contribution in [3.8, 4) is 11.5 Å². The van der Waals surface area contributed by atoms with Crippen molar-refractivity contribution in [3.63, 3.8) is 0 Å². The molecule has 0 saturated carbocycles. The maximum atomic E-state index is 12.7. The summed E-state index contributed by atoms with van der Waals surface area (Å²) < 4.78 is 38.8. The van der Waals surface area contributed by atoms with Crippen molar-refractivity contribution in [2.24, 2.45) is 0 Å². The summed E-state index contributed by atoms with van der Waals surface area (Å²) >= 11 is 0. The molecule has 28 heavy (non-hydrogen) atoms. The first-order valence-electron chi connectivity index (χ1n) is 8.75. The van der Waals surface area contributed by atoms with Crippen LogP contribution in [0.2, 0.25) is 0 Å². The van der Waals surface area contributed by atoms with Gasteiger partial charge in [0.2, 0.25) is 0 Å². The zero-order valence-electron chi connectivity index (χ0n) is 15.0. The van der Waals surface area contributed by atoms with Gasteiger partial charge in [0.25, 0.3) is 10.0 Å². The maximum Gasteiger partial charge on any atom is 0.262 e. The van der Waals surface area contributed by atoms with Crippen molar-refractivity contribution in [1.29, 1.82) is 0 Å². The van der Waals surface area contributed by atoms with Crippen molar-refractivity contribution in [3.05, 3.63) is 72.6 Å². The second-order valence-corrected chi connectivity index (χ2v) is 7.89. The summed E-state index contributed by atoms with van der Waals surface area (Å²) in [4.78, 5) is 4.19. The minimum absolute atomic E-state index is 0.121. The van der Waals surface area contributed by atoms with E-state index in [-0.39, 0.29) is 4.90 Å². The second-order valence-electron chi connectivity index (χ2n) is 6.20. The lowest BCUT2D eigenvalue weighted by molar-refractivity contribution is 0.171. The van der Waals surface area contributed by atoms with Gasteiger partial charge in [-0.25, -0.2) is 8.42 Å². The number of anilines is 2. The van der Waals surface area contributed by atoms with Gasteiger partial charge in [0.15, 0.2) is 11.5 Å². The van der Waals surface area contributed by atoms with Gasteiger partial charge in [-0.1, -0.05) is 6.07 Å². The monoisotopic (exact) mass is 397 g/mol. The fraction of sp³-hybridized carbons (Fsp3) is 0.150. The topological polar surface area (TPSA) is 89.6 Å². The number of ether oxygens (including phenoxy) is 2. The fourth-order valence-corrected chi connectivity index (χ4v) is 3.84. The predicted molar refractivity (Wildman–Crippen MR) is 106 cm³/mol. The molecule has 7 nitrogen and oxygen atoms in total. The molecule has 0 amide bonds. The number of hydrogen-bond acceptors (Lipinski definition) is 6. The first kappa shape index (κ1) is 18.1. The average Bonchev–Trinajstić information content (AvgIpc) is 2.73. The second kappa shape index (κ2) is 7.77. The van der Waals surface area contributed by atoms with Crippen molar-refractivity contribution < 1.29 is 17.9 Å². The maximum absolute atomic E-state index is 12.7. The molecule has 0 spiro atoms. The summed E-state index contributed by atoms with van der Waals surface area (Å²) in [5.74, 6) is 0.985. The Morgan fingerprint density at radius 2 is 1.68 bits per heavy atom. The Hall–Kier alpha value is -3.26.